The van der Waals surface area contributed by atoms with Crippen LogP contribution in [-0.2, 0) is 16.1 Å². The quantitative estimate of drug-likeness (QED) is 0.813. The maximum absolute atomic E-state index is 12.7. The van der Waals surface area contributed by atoms with Crippen molar-refractivity contribution in [3.8, 4) is 0 Å². The van der Waals surface area contributed by atoms with Crippen molar-refractivity contribution in [2.24, 2.45) is 0 Å². The van der Waals surface area contributed by atoms with Crippen LogP contribution < -0.4 is 4.90 Å². The van der Waals surface area contributed by atoms with Crippen LogP contribution in [0.5, 0.6) is 0 Å². The van der Waals surface area contributed by atoms with Gasteiger partial charge in [-0.3, -0.25) is 9.59 Å². The van der Waals surface area contributed by atoms with Crippen LogP contribution in [0.15, 0.2) is 48.7 Å². The molecule has 2 aromatic rings. The Balaban J connectivity index is 1.57. The number of amides is 2. The molecule has 0 bridgehead atoms. The molecule has 1 aliphatic rings. The van der Waals surface area contributed by atoms with Crippen LogP contribution in [0.3, 0.4) is 0 Å². The largest absolute Gasteiger partial charge is 0.353 e. The van der Waals surface area contributed by atoms with E-state index in [0.29, 0.717) is 19.6 Å². The molecule has 0 aliphatic carbocycles. The van der Waals surface area contributed by atoms with E-state index < -0.39 is 0 Å². The number of aromatic nitrogens is 1. The molecule has 0 spiro atoms. The van der Waals surface area contributed by atoms with E-state index in [-0.39, 0.29) is 18.4 Å². The third kappa shape index (κ3) is 4.84. The molecule has 1 aromatic carbocycles. The Bertz CT molecular complexity index is 786. The van der Waals surface area contributed by atoms with Gasteiger partial charge in [0.25, 0.3) is 0 Å². The van der Waals surface area contributed by atoms with Crippen LogP contribution in [0, 0.1) is 6.92 Å². The topological polar surface area (TPSA) is 56.8 Å². The van der Waals surface area contributed by atoms with Gasteiger partial charge >= 0.3 is 0 Å². The van der Waals surface area contributed by atoms with Gasteiger partial charge in [0, 0.05) is 45.8 Å². The molecule has 2 heterocycles. The van der Waals surface area contributed by atoms with Crippen LogP contribution in [0.1, 0.15) is 18.1 Å². The zero-order chi connectivity index (χ0) is 19.2. The molecule has 142 valence electrons. The summed E-state index contributed by atoms with van der Waals surface area (Å²) in [6, 6.07) is 13.8. The SMILES string of the molecule is CC(=O)N(CC(=O)N1CCN(c2ccccn2)CC1)Cc1ccccc1C. The van der Waals surface area contributed by atoms with Gasteiger partial charge in [-0.15, -0.1) is 0 Å². The van der Waals surface area contributed by atoms with Gasteiger partial charge in [0.1, 0.15) is 12.4 Å². The number of anilines is 1. The standard InChI is InChI=1S/C21H26N4O2/c1-17-7-3-4-8-19(17)15-25(18(2)26)16-21(27)24-13-11-23(12-14-24)20-9-5-6-10-22-20/h3-10H,11-16H2,1-2H3. The van der Waals surface area contributed by atoms with Crippen LogP contribution in [0.25, 0.3) is 0 Å². The van der Waals surface area contributed by atoms with Crippen molar-refractivity contribution in [2.75, 3.05) is 37.6 Å². The molecule has 1 saturated heterocycles. The number of piperazine rings is 1. The Morgan fingerprint density at radius 2 is 1.74 bits per heavy atom. The molecule has 27 heavy (non-hydrogen) atoms. The third-order valence-corrected chi connectivity index (χ3v) is 5.00. The van der Waals surface area contributed by atoms with Gasteiger partial charge in [0.2, 0.25) is 11.8 Å². The lowest BCUT2D eigenvalue weighted by Gasteiger charge is -2.36. The highest BCUT2D eigenvalue weighted by Gasteiger charge is 2.24. The minimum atomic E-state index is -0.0845. The van der Waals surface area contributed by atoms with E-state index in [1.165, 1.54) is 6.92 Å². The average molecular weight is 366 g/mol. The molecule has 1 aliphatic heterocycles. The molecular formula is C21H26N4O2. The van der Waals surface area contributed by atoms with Crippen molar-refractivity contribution in [3.63, 3.8) is 0 Å². The van der Waals surface area contributed by atoms with Crippen molar-refractivity contribution >= 4 is 17.6 Å². The fourth-order valence-electron chi connectivity index (χ4n) is 3.26. The van der Waals surface area contributed by atoms with Gasteiger partial charge in [0.15, 0.2) is 0 Å². The highest BCUT2D eigenvalue weighted by Crippen LogP contribution is 2.14. The molecule has 0 unspecified atom stereocenters. The number of pyridine rings is 1. The lowest BCUT2D eigenvalue weighted by Crippen LogP contribution is -2.51. The monoisotopic (exact) mass is 366 g/mol. The molecule has 6 heteroatoms. The van der Waals surface area contributed by atoms with Gasteiger partial charge < -0.3 is 14.7 Å². The summed E-state index contributed by atoms with van der Waals surface area (Å²) in [4.78, 5) is 34.8. The Hall–Kier alpha value is -2.89. The van der Waals surface area contributed by atoms with E-state index in [9.17, 15) is 9.59 Å². The van der Waals surface area contributed by atoms with E-state index >= 15 is 0 Å². The summed E-state index contributed by atoms with van der Waals surface area (Å²) >= 11 is 0. The number of carbonyl (C=O) groups excluding carboxylic acids is 2. The normalized spacial score (nSPS) is 14.1. The van der Waals surface area contributed by atoms with Crippen LogP contribution in [0.4, 0.5) is 5.82 Å². The Morgan fingerprint density at radius 1 is 1.04 bits per heavy atom. The summed E-state index contributed by atoms with van der Waals surface area (Å²) < 4.78 is 0. The van der Waals surface area contributed by atoms with E-state index in [1.54, 1.807) is 11.1 Å². The van der Waals surface area contributed by atoms with Gasteiger partial charge in [-0.25, -0.2) is 4.98 Å². The van der Waals surface area contributed by atoms with Gasteiger partial charge in [-0.1, -0.05) is 30.3 Å². The summed E-state index contributed by atoms with van der Waals surface area (Å²) in [5, 5.41) is 0. The number of hydrogen-bond donors (Lipinski definition) is 0. The Labute approximate surface area is 160 Å². The molecule has 0 saturated carbocycles. The van der Waals surface area contributed by atoms with E-state index in [1.807, 2.05) is 54.3 Å². The van der Waals surface area contributed by atoms with Gasteiger partial charge in [0.05, 0.1) is 0 Å². The summed E-state index contributed by atoms with van der Waals surface area (Å²) in [6.07, 6.45) is 1.78. The highest BCUT2D eigenvalue weighted by molar-refractivity contribution is 5.84. The number of aryl methyl sites for hydroxylation is 1. The number of nitrogens with zero attached hydrogens (tertiary/aromatic N) is 4. The molecule has 6 nitrogen and oxygen atoms in total. The smallest absolute Gasteiger partial charge is 0.242 e. The maximum Gasteiger partial charge on any atom is 0.242 e. The third-order valence-electron chi connectivity index (χ3n) is 5.00. The average Bonchev–Trinajstić information content (AvgIpc) is 2.69. The Morgan fingerprint density at radius 3 is 2.37 bits per heavy atom. The van der Waals surface area contributed by atoms with E-state index in [0.717, 1.165) is 30.0 Å². The summed E-state index contributed by atoms with van der Waals surface area (Å²) in [6.45, 7) is 6.91. The minimum Gasteiger partial charge on any atom is -0.353 e. The molecule has 3 rings (SSSR count). The summed E-state index contributed by atoms with van der Waals surface area (Å²) in [5.74, 6) is 0.854. The zero-order valence-corrected chi connectivity index (χ0v) is 16.0. The fraction of sp³-hybridized carbons (Fsp3) is 0.381. The van der Waals surface area contributed by atoms with Gasteiger partial charge in [-0.05, 0) is 30.2 Å². The predicted molar refractivity (Wildman–Crippen MR) is 105 cm³/mol. The van der Waals surface area contributed by atoms with Crippen molar-refractivity contribution in [3.05, 3.63) is 59.8 Å². The Kier molecular flexibility index (Phi) is 6.06. The molecule has 0 N–H and O–H groups in total. The van der Waals surface area contributed by atoms with Crippen molar-refractivity contribution in [1.82, 2.24) is 14.8 Å². The van der Waals surface area contributed by atoms with Crippen LogP contribution in [-0.4, -0.2) is 59.3 Å². The second-order valence-electron chi connectivity index (χ2n) is 6.86. The predicted octanol–water partition coefficient (Wildman–Crippen LogP) is 2.09. The fourth-order valence-corrected chi connectivity index (χ4v) is 3.26. The van der Waals surface area contributed by atoms with Crippen molar-refractivity contribution < 1.29 is 9.59 Å². The summed E-state index contributed by atoms with van der Waals surface area (Å²) in [5.41, 5.74) is 2.20. The molecule has 1 aromatic heterocycles. The van der Waals surface area contributed by atoms with Crippen LogP contribution >= 0.6 is 0 Å². The lowest BCUT2D eigenvalue weighted by molar-refractivity contribution is -0.140. The second-order valence-corrected chi connectivity index (χ2v) is 6.86. The number of rotatable bonds is 5. The van der Waals surface area contributed by atoms with Gasteiger partial charge in [-0.2, -0.15) is 0 Å². The molecule has 0 atom stereocenters. The first-order chi connectivity index (χ1) is 13.0. The molecule has 0 radical (unpaired) electrons. The number of carbonyl (C=O) groups is 2. The molecule has 2 amide bonds. The van der Waals surface area contributed by atoms with E-state index in [2.05, 4.69) is 9.88 Å². The minimum absolute atomic E-state index is 0.000505. The van der Waals surface area contributed by atoms with Crippen molar-refractivity contribution in [1.29, 1.82) is 0 Å². The molecule has 1 fully saturated rings. The van der Waals surface area contributed by atoms with Crippen molar-refractivity contribution in [2.45, 2.75) is 20.4 Å². The molecular weight excluding hydrogens is 340 g/mol. The number of benzene rings is 1. The number of hydrogen-bond acceptors (Lipinski definition) is 4. The lowest BCUT2D eigenvalue weighted by atomic mass is 10.1. The maximum atomic E-state index is 12.7. The first-order valence-corrected chi connectivity index (χ1v) is 9.28. The van der Waals surface area contributed by atoms with E-state index in [4.69, 9.17) is 0 Å². The zero-order valence-electron chi connectivity index (χ0n) is 16.0. The first-order valence-electron chi connectivity index (χ1n) is 9.28. The highest BCUT2D eigenvalue weighted by atomic mass is 16.2. The summed E-state index contributed by atoms with van der Waals surface area (Å²) in [7, 11) is 0. The second kappa shape index (κ2) is 8.66. The van der Waals surface area contributed by atoms with Crippen LogP contribution in [0.2, 0.25) is 0 Å². The first kappa shape index (κ1) is 18.9.